The lowest BCUT2D eigenvalue weighted by Crippen LogP contribution is -2.23. The second-order valence-corrected chi connectivity index (χ2v) is 4.79. The van der Waals surface area contributed by atoms with Gasteiger partial charge < -0.3 is 5.32 Å². The molecule has 2 rings (SSSR count). The summed E-state index contributed by atoms with van der Waals surface area (Å²) in [7, 11) is 0. The third kappa shape index (κ3) is 3.38. The van der Waals surface area contributed by atoms with E-state index in [4.69, 9.17) is 0 Å². The summed E-state index contributed by atoms with van der Waals surface area (Å²) in [6.45, 7) is 0.525. The third-order valence-electron chi connectivity index (χ3n) is 2.26. The fourth-order valence-electron chi connectivity index (χ4n) is 1.42. The van der Waals surface area contributed by atoms with Crippen molar-refractivity contribution in [2.24, 2.45) is 0 Å². The van der Waals surface area contributed by atoms with E-state index in [1.165, 1.54) is 16.9 Å². The van der Waals surface area contributed by atoms with Crippen molar-refractivity contribution in [1.29, 1.82) is 0 Å². The molecule has 0 fully saturated rings. The molecule has 0 saturated heterocycles. The minimum atomic E-state index is -0.129. The Kier molecular flexibility index (Phi) is 4.28. The predicted molar refractivity (Wildman–Crippen MR) is 72.4 cm³/mol. The van der Waals surface area contributed by atoms with Crippen LogP contribution in [0.4, 0.5) is 0 Å². The van der Waals surface area contributed by atoms with E-state index < -0.39 is 0 Å². The molecule has 3 nitrogen and oxygen atoms in total. The summed E-state index contributed by atoms with van der Waals surface area (Å²) in [6, 6.07) is 8.09. The Hall–Kier alpha value is -1.20. The van der Waals surface area contributed by atoms with E-state index in [0.717, 1.165) is 10.9 Å². The Morgan fingerprint density at radius 1 is 1.41 bits per heavy atom. The van der Waals surface area contributed by atoms with Crippen LogP contribution in [-0.4, -0.2) is 10.9 Å². The van der Waals surface area contributed by atoms with Gasteiger partial charge in [0, 0.05) is 17.3 Å². The lowest BCUT2D eigenvalue weighted by molar-refractivity contribution is 0.0946. The van der Waals surface area contributed by atoms with Gasteiger partial charge in [0.25, 0.3) is 5.91 Å². The Bertz CT molecular complexity index is 499. The van der Waals surface area contributed by atoms with Crippen molar-refractivity contribution in [2.45, 2.75) is 11.9 Å². The minimum absolute atomic E-state index is 0.129. The molecule has 0 aliphatic heterocycles. The van der Waals surface area contributed by atoms with Crippen LogP contribution in [0.5, 0.6) is 0 Å². The van der Waals surface area contributed by atoms with Gasteiger partial charge >= 0.3 is 0 Å². The topological polar surface area (TPSA) is 42.0 Å². The zero-order valence-corrected chi connectivity index (χ0v) is 11.4. The molecular formula is C12H11BrN2OS. The maximum Gasteiger partial charge on any atom is 0.271 e. The molecule has 1 amide bonds. The van der Waals surface area contributed by atoms with E-state index in [1.807, 2.05) is 18.2 Å². The normalized spacial score (nSPS) is 10.2. The lowest BCUT2D eigenvalue weighted by atomic mass is 10.1. The van der Waals surface area contributed by atoms with Crippen LogP contribution in [0.1, 0.15) is 21.6 Å². The van der Waals surface area contributed by atoms with Crippen LogP contribution < -0.4 is 5.32 Å². The molecular weight excluding hydrogens is 300 g/mol. The van der Waals surface area contributed by atoms with Crippen LogP contribution in [0.3, 0.4) is 0 Å². The van der Waals surface area contributed by atoms with Crippen molar-refractivity contribution in [3.63, 3.8) is 0 Å². The van der Waals surface area contributed by atoms with E-state index in [-0.39, 0.29) is 5.91 Å². The Morgan fingerprint density at radius 2 is 2.24 bits per heavy atom. The van der Waals surface area contributed by atoms with E-state index in [0.29, 0.717) is 12.2 Å². The molecule has 1 N–H and O–H groups in total. The van der Waals surface area contributed by atoms with Gasteiger partial charge in [-0.1, -0.05) is 40.2 Å². The van der Waals surface area contributed by atoms with Gasteiger partial charge in [-0.2, -0.15) is 0 Å². The molecule has 88 valence electrons. The van der Waals surface area contributed by atoms with Crippen molar-refractivity contribution in [2.75, 3.05) is 0 Å². The minimum Gasteiger partial charge on any atom is -0.347 e. The maximum atomic E-state index is 11.7. The van der Waals surface area contributed by atoms with Gasteiger partial charge in [-0.05, 0) is 11.1 Å². The van der Waals surface area contributed by atoms with Gasteiger partial charge in [-0.15, -0.1) is 11.3 Å². The molecule has 2 aromatic rings. The predicted octanol–water partition coefficient (Wildman–Crippen LogP) is 2.97. The number of nitrogens with zero attached hydrogens (tertiary/aromatic N) is 1. The number of thiazole rings is 1. The smallest absolute Gasteiger partial charge is 0.271 e. The highest BCUT2D eigenvalue weighted by Gasteiger charge is 2.06. The highest BCUT2D eigenvalue weighted by Crippen LogP contribution is 2.09. The molecule has 0 saturated carbocycles. The number of aromatic nitrogens is 1. The van der Waals surface area contributed by atoms with Crippen molar-refractivity contribution in [3.05, 3.63) is 52.0 Å². The van der Waals surface area contributed by atoms with Gasteiger partial charge in [0.15, 0.2) is 0 Å². The number of amides is 1. The summed E-state index contributed by atoms with van der Waals surface area (Å²) in [4.78, 5) is 15.6. The average Bonchev–Trinajstić information content (AvgIpc) is 2.90. The standard InChI is InChI=1S/C12H11BrN2OS/c13-5-9-2-1-3-10(4-9)6-14-12(16)11-7-17-8-15-11/h1-4,7-8H,5-6H2,(H,14,16). The van der Waals surface area contributed by atoms with Gasteiger partial charge in [0.1, 0.15) is 5.69 Å². The first-order valence-electron chi connectivity index (χ1n) is 5.10. The van der Waals surface area contributed by atoms with Crippen LogP contribution in [0, 0.1) is 0 Å². The molecule has 0 atom stereocenters. The number of halogens is 1. The third-order valence-corrected chi connectivity index (χ3v) is 3.50. The van der Waals surface area contributed by atoms with Crippen molar-refractivity contribution >= 4 is 33.2 Å². The van der Waals surface area contributed by atoms with E-state index >= 15 is 0 Å². The number of carbonyl (C=O) groups is 1. The number of nitrogens with one attached hydrogen (secondary N) is 1. The molecule has 0 bridgehead atoms. The van der Waals surface area contributed by atoms with Gasteiger partial charge in [0.05, 0.1) is 5.51 Å². The summed E-state index contributed by atoms with van der Waals surface area (Å²) in [5, 5.41) is 5.40. The van der Waals surface area contributed by atoms with Crippen molar-refractivity contribution in [1.82, 2.24) is 10.3 Å². The highest BCUT2D eigenvalue weighted by molar-refractivity contribution is 9.08. The fourth-order valence-corrected chi connectivity index (χ4v) is 2.30. The van der Waals surface area contributed by atoms with Crippen LogP contribution in [0.15, 0.2) is 35.2 Å². The average molecular weight is 311 g/mol. The number of hydrogen-bond donors (Lipinski definition) is 1. The van der Waals surface area contributed by atoms with E-state index in [1.54, 1.807) is 10.9 Å². The largest absolute Gasteiger partial charge is 0.347 e. The molecule has 0 spiro atoms. The number of rotatable bonds is 4. The first-order valence-corrected chi connectivity index (χ1v) is 7.16. The number of benzene rings is 1. The summed E-state index contributed by atoms with van der Waals surface area (Å²) >= 11 is 4.82. The van der Waals surface area contributed by atoms with E-state index in [2.05, 4.69) is 32.3 Å². The zero-order chi connectivity index (χ0) is 12.1. The monoisotopic (exact) mass is 310 g/mol. The first kappa shape index (κ1) is 12.3. The molecule has 0 radical (unpaired) electrons. The molecule has 0 aliphatic carbocycles. The second-order valence-electron chi connectivity index (χ2n) is 3.51. The van der Waals surface area contributed by atoms with E-state index in [9.17, 15) is 4.79 Å². The molecule has 1 heterocycles. The molecule has 17 heavy (non-hydrogen) atoms. The van der Waals surface area contributed by atoms with Crippen LogP contribution in [-0.2, 0) is 11.9 Å². The second kappa shape index (κ2) is 5.93. The molecule has 0 unspecified atom stereocenters. The number of carbonyl (C=O) groups excluding carboxylic acids is 1. The Morgan fingerprint density at radius 3 is 2.94 bits per heavy atom. The number of alkyl halides is 1. The molecule has 1 aromatic heterocycles. The maximum absolute atomic E-state index is 11.7. The van der Waals surface area contributed by atoms with Gasteiger partial charge in [0.2, 0.25) is 0 Å². The summed E-state index contributed by atoms with van der Waals surface area (Å²) in [5.41, 5.74) is 4.42. The quantitative estimate of drug-likeness (QED) is 0.882. The van der Waals surface area contributed by atoms with Crippen molar-refractivity contribution < 1.29 is 4.79 Å². The first-order chi connectivity index (χ1) is 8.29. The SMILES string of the molecule is O=C(NCc1cccc(CBr)c1)c1cscn1. The zero-order valence-electron chi connectivity index (χ0n) is 9.02. The summed E-state index contributed by atoms with van der Waals surface area (Å²) in [6.07, 6.45) is 0. The summed E-state index contributed by atoms with van der Waals surface area (Å²) in [5.74, 6) is -0.129. The Balaban J connectivity index is 1.95. The lowest BCUT2D eigenvalue weighted by Gasteiger charge is -2.04. The van der Waals surface area contributed by atoms with Gasteiger partial charge in [-0.25, -0.2) is 4.98 Å². The highest BCUT2D eigenvalue weighted by atomic mass is 79.9. The summed E-state index contributed by atoms with van der Waals surface area (Å²) < 4.78 is 0. The fraction of sp³-hybridized carbons (Fsp3) is 0.167. The molecule has 0 aliphatic rings. The van der Waals surface area contributed by atoms with Crippen LogP contribution in [0.2, 0.25) is 0 Å². The van der Waals surface area contributed by atoms with Crippen LogP contribution in [0.25, 0.3) is 0 Å². The molecule has 1 aromatic carbocycles. The number of hydrogen-bond acceptors (Lipinski definition) is 3. The Labute approximate surface area is 112 Å². The van der Waals surface area contributed by atoms with Gasteiger partial charge in [-0.3, -0.25) is 4.79 Å². The van der Waals surface area contributed by atoms with Crippen LogP contribution >= 0.6 is 27.3 Å². The van der Waals surface area contributed by atoms with Crippen molar-refractivity contribution in [3.8, 4) is 0 Å². The molecule has 5 heteroatoms.